The molecule has 0 aromatic heterocycles. The standard InChI is InChI=1S/C18H18Cl2O3/c19-16-7-3-8-17(20)15(16)11-13-5-1-2-6-14(13)12-18(22)23-10-4-9-21/h1-3,5-8,21H,4,9-12H2. The molecule has 122 valence electrons. The van der Waals surface area contributed by atoms with Gasteiger partial charge in [-0.15, -0.1) is 0 Å². The van der Waals surface area contributed by atoms with Gasteiger partial charge < -0.3 is 9.84 Å². The zero-order chi connectivity index (χ0) is 16.7. The van der Waals surface area contributed by atoms with Gasteiger partial charge in [-0.3, -0.25) is 4.79 Å². The van der Waals surface area contributed by atoms with Crippen LogP contribution >= 0.6 is 23.2 Å². The van der Waals surface area contributed by atoms with Crippen LogP contribution < -0.4 is 0 Å². The Hall–Kier alpha value is -1.55. The van der Waals surface area contributed by atoms with Gasteiger partial charge in [0, 0.05) is 29.5 Å². The third-order valence-electron chi connectivity index (χ3n) is 3.45. The first-order valence-electron chi connectivity index (χ1n) is 7.38. The van der Waals surface area contributed by atoms with Crippen LogP contribution in [-0.2, 0) is 22.4 Å². The molecule has 3 nitrogen and oxygen atoms in total. The second kappa shape index (κ2) is 8.92. The summed E-state index contributed by atoms with van der Waals surface area (Å²) in [6.45, 7) is 0.239. The maximum Gasteiger partial charge on any atom is 0.310 e. The lowest BCUT2D eigenvalue weighted by Gasteiger charge is -2.12. The molecule has 0 bridgehead atoms. The SMILES string of the molecule is O=C(Cc1ccccc1Cc1c(Cl)cccc1Cl)OCCCO. The summed E-state index contributed by atoms with van der Waals surface area (Å²) in [5.74, 6) is -0.309. The van der Waals surface area contributed by atoms with Crippen LogP contribution in [0.3, 0.4) is 0 Å². The fourth-order valence-electron chi connectivity index (χ4n) is 2.25. The zero-order valence-electron chi connectivity index (χ0n) is 12.6. The third kappa shape index (κ3) is 5.24. The first kappa shape index (κ1) is 17.8. The molecule has 2 aromatic rings. The minimum Gasteiger partial charge on any atom is -0.465 e. The number of hydrogen-bond acceptors (Lipinski definition) is 3. The van der Waals surface area contributed by atoms with Crippen molar-refractivity contribution in [3.8, 4) is 0 Å². The van der Waals surface area contributed by atoms with E-state index < -0.39 is 0 Å². The summed E-state index contributed by atoms with van der Waals surface area (Å²) in [4.78, 5) is 11.9. The van der Waals surface area contributed by atoms with Crippen LogP contribution in [0, 0.1) is 0 Å². The van der Waals surface area contributed by atoms with Crippen molar-refractivity contribution in [3.05, 3.63) is 69.2 Å². The smallest absolute Gasteiger partial charge is 0.310 e. The number of rotatable bonds is 7. The Morgan fingerprint density at radius 3 is 2.30 bits per heavy atom. The number of halogens is 2. The molecular weight excluding hydrogens is 335 g/mol. The number of carbonyl (C=O) groups excluding carboxylic acids is 1. The minimum atomic E-state index is -0.309. The predicted octanol–water partition coefficient (Wildman–Crippen LogP) is 4.05. The van der Waals surface area contributed by atoms with Gasteiger partial charge in [-0.2, -0.15) is 0 Å². The fraction of sp³-hybridized carbons (Fsp3) is 0.278. The van der Waals surface area contributed by atoms with E-state index in [0.29, 0.717) is 22.9 Å². The summed E-state index contributed by atoms with van der Waals surface area (Å²) in [5.41, 5.74) is 2.72. The molecule has 0 saturated carbocycles. The number of aliphatic hydroxyl groups is 1. The van der Waals surface area contributed by atoms with Crippen LogP contribution in [0.1, 0.15) is 23.1 Å². The van der Waals surface area contributed by atoms with Gasteiger partial charge in [0.15, 0.2) is 0 Å². The lowest BCUT2D eigenvalue weighted by atomic mass is 9.98. The Morgan fingerprint density at radius 2 is 1.65 bits per heavy atom. The van der Waals surface area contributed by atoms with Crippen molar-refractivity contribution in [1.29, 1.82) is 0 Å². The van der Waals surface area contributed by atoms with Crippen molar-refractivity contribution in [2.75, 3.05) is 13.2 Å². The number of esters is 1. The Morgan fingerprint density at radius 1 is 1.00 bits per heavy atom. The quantitative estimate of drug-likeness (QED) is 0.603. The number of hydrogen-bond donors (Lipinski definition) is 1. The van der Waals surface area contributed by atoms with Gasteiger partial charge >= 0.3 is 5.97 Å². The fourth-order valence-corrected chi connectivity index (χ4v) is 2.78. The Labute approximate surface area is 145 Å². The summed E-state index contributed by atoms with van der Waals surface area (Å²) >= 11 is 12.4. The molecule has 2 aromatic carbocycles. The summed E-state index contributed by atoms with van der Waals surface area (Å²) in [7, 11) is 0. The van der Waals surface area contributed by atoms with Gasteiger partial charge in [-0.25, -0.2) is 0 Å². The second-order valence-corrected chi connectivity index (χ2v) is 5.93. The van der Waals surface area contributed by atoms with E-state index in [2.05, 4.69) is 0 Å². The predicted molar refractivity (Wildman–Crippen MR) is 92.1 cm³/mol. The molecular formula is C18H18Cl2O3. The summed E-state index contributed by atoms with van der Waals surface area (Å²) < 4.78 is 5.09. The van der Waals surface area contributed by atoms with Crippen LogP contribution in [0.4, 0.5) is 0 Å². The lowest BCUT2D eigenvalue weighted by Crippen LogP contribution is -2.11. The molecule has 0 aliphatic carbocycles. The average Bonchev–Trinajstić information content (AvgIpc) is 2.53. The zero-order valence-corrected chi connectivity index (χ0v) is 14.1. The van der Waals surface area contributed by atoms with Crippen LogP contribution in [0.25, 0.3) is 0 Å². The van der Waals surface area contributed by atoms with Crippen molar-refractivity contribution >= 4 is 29.2 Å². The molecule has 0 aliphatic rings. The monoisotopic (exact) mass is 352 g/mol. The van der Waals surface area contributed by atoms with Gasteiger partial charge in [-0.05, 0) is 28.8 Å². The van der Waals surface area contributed by atoms with Gasteiger partial charge in [0.05, 0.1) is 13.0 Å². The topological polar surface area (TPSA) is 46.5 Å². The Balaban J connectivity index is 2.13. The molecule has 0 amide bonds. The van der Waals surface area contributed by atoms with Crippen LogP contribution in [-0.4, -0.2) is 24.3 Å². The maximum absolute atomic E-state index is 11.9. The molecule has 2 rings (SSSR count). The summed E-state index contributed by atoms with van der Waals surface area (Å²) in [6, 6.07) is 13.1. The van der Waals surface area contributed by atoms with Crippen molar-refractivity contribution in [2.24, 2.45) is 0 Å². The van der Waals surface area contributed by atoms with E-state index in [1.54, 1.807) is 18.2 Å². The van der Waals surface area contributed by atoms with E-state index in [0.717, 1.165) is 16.7 Å². The average molecular weight is 353 g/mol. The first-order chi connectivity index (χ1) is 11.1. The van der Waals surface area contributed by atoms with Gasteiger partial charge in [0.25, 0.3) is 0 Å². The van der Waals surface area contributed by atoms with Gasteiger partial charge in [-0.1, -0.05) is 53.5 Å². The molecule has 23 heavy (non-hydrogen) atoms. The van der Waals surface area contributed by atoms with E-state index in [1.807, 2.05) is 24.3 Å². The molecule has 0 spiro atoms. The highest BCUT2D eigenvalue weighted by Gasteiger charge is 2.12. The van der Waals surface area contributed by atoms with Crippen LogP contribution in [0.5, 0.6) is 0 Å². The number of ether oxygens (including phenoxy) is 1. The normalized spacial score (nSPS) is 10.6. The highest BCUT2D eigenvalue weighted by molar-refractivity contribution is 6.36. The highest BCUT2D eigenvalue weighted by atomic mass is 35.5. The van der Waals surface area contributed by atoms with Crippen LogP contribution in [0.2, 0.25) is 10.0 Å². The molecule has 0 radical (unpaired) electrons. The second-order valence-electron chi connectivity index (χ2n) is 5.12. The van der Waals surface area contributed by atoms with Crippen molar-refractivity contribution in [3.63, 3.8) is 0 Å². The molecule has 0 saturated heterocycles. The highest BCUT2D eigenvalue weighted by Crippen LogP contribution is 2.28. The summed E-state index contributed by atoms with van der Waals surface area (Å²) in [6.07, 6.45) is 1.19. The molecule has 0 fully saturated rings. The molecule has 0 unspecified atom stereocenters. The Kier molecular flexibility index (Phi) is 6.90. The molecule has 1 N–H and O–H groups in total. The van der Waals surface area contributed by atoms with E-state index in [4.69, 9.17) is 33.0 Å². The van der Waals surface area contributed by atoms with Crippen LogP contribution in [0.15, 0.2) is 42.5 Å². The van der Waals surface area contributed by atoms with Crippen molar-refractivity contribution in [1.82, 2.24) is 0 Å². The van der Waals surface area contributed by atoms with E-state index in [9.17, 15) is 4.79 Å². The largest absolute Gasteiger partial charge is 0.465 e. The molecule has 0 atom stereocenters. The van der Waals surface area contributed by atoms with E-state index in [-0.39, 0.29) is 25.6 Å². The third-order valence-corrected chi connectivity index (χ3v) is 4.16. The lowest BCUT2D eigenvalue weighted by molar-refractivity contribution is -0.143. The van der Waals surface area contributed by atoms with E-state index >= 15 is 0 Å². The maximum atomic E-state index is 11.9. The minimum absolute atomic E-state index is 0.00880. The van der Waals surface area contributed by atoms with E-state index in [1.165, 1.54) is 0 Å². The Bertz CT molecular complexity index is 651. The molecule has 0 aliphatic heterocycles. The molecule has 5 heteroatoms. The number of aliphatic hydroxyl groups excluding tert-OH is 1. The van der Waals surface area contributed by atoms with Gasteiger partial charge in [0.1, 0.15) is 0 Å². The summed E-state index contributed by atoms with van der Waals surface area (Å²) in [5, 5.41) is 9.93. The number of benzene rings is 2. The first-order valence-corrected chi connectivity index (χ1v) is 8.13. The number of carbonyl (C=O) groups is 1. The molecule has 0 heterocycles. The van der Waals surface area contributed by atoms with Crippen molar-refractivity contribution < 1.29 is 14.6 Å². The van der Waals surface area contributed by atoms with Crippen molar-refractivity contribution in [2.45, 2.75) is 19.3 Å². The van der Waals surface area contributed by atoms with Gasteiger partial charge in [0.2, 0.25) is 0 Å².